The van der Waals surface area contributed by atoms with Gasteiger partial charge in [0.1, 0.15) is 7.05 Å². The van der Waals surface area contributed by atoms with Crippen molar-refractivity contribution in [3.63, 3.8) is 0 Å². The summed E-state index contributed by atoms with van der Waals surface area (Å²) in [5, 5.41) is 0. The summed E-state index contributed by atoms with van der Waals surface area (Å²) in [5.74, 6) is 0. The number of rotatable bonds is 2. The Morgan fingerprint density at radius 2 is 1.85 bits per heavy atom. The normalized spacial score (nSPS) is 13.9. The van der Waals surface area contributed by atoms with Crippen LogP contribution in [0.15, 0.2) is 36.5 Å². The predicted octanol–water partition coefficient (Wildman–Crippen LogP) is 4.35. The molecule has 0 aliphatic rings. The van der Waals surface area contributed by atoms with E-state index in [4.69, 9.17) is 2.74 Å². The van der Waals surface area contributed by atoms with Crippen LogP contribution >= 0.6 is 0 Å². The maximum absolute atomic E-state index is 8.16. The predicted molar refractivity (Wildman–Crippen MR) is 85.9 cm³/mol. The number of hydrogen-bond acceptors (Lipinski definition) is 0. The molecule has 0 atom stereocenters. The Labute approximate surface area is 126 Å². The molecule has 0 saturated heterocycles. The molecule has 0 radical (unpaired) electrons. The van der Waals surface area contributed by atoms with Gasteiger partial charge in [0.25, 0.3) is 0 Å². The molecular weight excluding hydrogens is 242 g/mol. The first-order valence-electron chi connectivity index (χ1n) is 8.12. The molecule has 1 nitrogen and oxygen atoms in total. The summed E-state index contributed by atoms with van der Waals surface area (Å²) in [6.07, 6.45) is 0.590. The summed E-state index contributed by atoms with van der Waals surface area (Å²) in [6.45, 7) is 10.2. The highest BCUT2D eigenvalue weighted by molar-refractivity contribution is 5.62. The van der Waals surface area contributed by atoms with Crippen molar-refractivity contribution in [2.75, 3.05) is 0 Å². The van der Waals surface area contributed by atoms with Crippen molar-refractivity contribution in [1.29, 1.82) is 0 Å². The van der Waals surface area contributed by atoms with Gasteiger partial charge in [-0.05, 0) is 35.9 Å². The summed E-state index contributed by atoms with van der Waals surface area (Å²) in [7, 11) is 1.99. The largest absolute Gasteiger partial charge is 0.212 e. The Balaban J connectivity index is 2.77. The standard InChI is InChI=1S/C19H26N/c1-7-15-13-20(6)18(12-17(15)19(3,4)5)16-11-9-8-10-14(16)2/h8-13H,7H2,1-6H3/q+1/i7D2. The highest BCUT2D eigenvalue weighted by atomic mass is 14.9. The zero-order chi connectivity index (χ0) is 16.7. The lowest BCUT2D eigenvalue weighted by molar-refractivity contribution is -0.660. The van der Waals surface area contributed by atoms with E-state index >= 15 is 0 Å². The highest BCUT2D eigenvalue weighted by Crippen LogP contribution is 2.29. The van der Waals surface area contributed by atoms with Crippen LogP contribution in [0, 0.1) is 6.92 Å². The Bertz CT molecular complexity index is 692. The van der Waals surface area contributed by atoms with Crippen LogP contribution in [0.1, 0.15) is 47.1 Å². The molecule has 106 valence electrons. The van der Waals surface area contributed by atoms with Crippen LogP contribution in [0.4, 0.5) is 0 Å². The van der Waals surface area contributed by atoms with Crippen LogP contribution < -0.4 is 4.57 Å². The molecule has 1 aromatic heterocycles. The summed E-state index contributed by atoms with van der Waals surface area (Å²) in [4.78, 5) is 0. The average Bonchev–Trinajstić information content (AvgIpc) is 2.37. The van der Waals surface area contributed by atoms with Gasteiger partial charge in [0.2, 0.25) is 5.69 Å². The Kier molecular flexibility index (Phi) is 3.27. The molecule has 2 rings (SSSR count). The molecule has 1 aromatic carbocycles. The van der Waals surface area contributed by atoms with Crippen molar-refractivity contribution in [2.24, 2.45) is 7.05 Å². The molecule has 0 fully saturated rings. The van der Waals surface area contributed by atoms with E-state index in [0.29, 0.717) is 0 Å². The molecule has 1 heteroatoms. The second kappa shape index (κ2) is 5.40. The lowest BCUT2D eigenvalue weighted by atomic mass is 9.83. The SMILES string of the molecule is [2H]C([2H])(C)c1c[n+](C)c(-c2ccccc2C)cc1C(C)(C)C. The van der Waals surface area contributed by atoms with E-state index in [9.17, 15) is 0 Å². The van der Waals surface area contributed by atoms with E-state index < -0.39 is 6.37 Å². The van der Waals surface area contributed by atoms with Gasteiger partial charge in [-0.15, -0.1) is 0 Å². The van der Waals surface area contributed by atoms with E-state index in [1.807, 2.05) is 29.9 Å². The van der Waals surface area contributed by atoms with Crippen LogP contribution in [0.5, 0.6) is 0 Å². The van der Waals surface area contributed by atoms with Gasteiger partial charge in [-0.25, -0.2) is 4.57 Å². The molecule has 20 heavy (non-hydrogen) atoms. The van der Waals surface area contributed by atoms with Crippen molar-refractivity contribution >= 4 is 0 Å². The molecule has 0 bridgehead atoms. The van der Waals surface area contributed by atoms with Crippen molar-refractivity contribution in [3.05, 3.63) is 53.2 Å². The Morgan fingerprint density at radius 1 is 1.20 bits per heavy atom. The van der Waals surface area contributed by atoms with Gasteiger partial charge in [0, 0.05) is 19.9 Å². The minimum atomic E-state index is -1.36. The third-order valence-electron chi connectivity index (χ3n) is 3.77. The molecule has 0 spiro atoms. The number of aromatic nitrogens is 1. The van der Waals surface area contributed by atoms with Gasteiger partial charge < -0.3 is 0 Å². The number of nitrogens with zero attached hydrogens (tertiary/aromatic N) is 1. The maximum atomic E-state index is 8.16. The lowest BCUT2D eigenvalue weighted by Crippen LogP contribution is -2.33. The van der Waals surface area contributed by atoms with Crippen molar-refractivity contribution in [2.45, 2.75) is 46.4 Å². The monoisotopic (exact) mass is 270 g/mol. The second-order valence-corrected chi connectivity index (χ2v) is 6.41. The molecular formula is C19H26N+. The fourth-order valence-electron chi connectivity index (χ4n) is 2.60. The lowest BCUT2D eigenvalue weighted by Gasteiger charge is -2.22. The summed E-state index contributed by atoms with van der Waals surface area (Å²) >= 11 is 0. The molecule has 1 heterocycles. The smallest absolute Gasteiger partial charge is 0.201 e. The molecule has 2 aromatic rings. The van der Waals surface area contributed by atoms with E-state index in [-0.39, 0.29) is 5.41 Å². The minimum absolute atomic E-state index is 0.107. The van der Waals surface area contributed by atoms with Crippen LogP contribution in [-0.2, 0) is 18.8 Å². The molecule has 0 amide bonds. The minimum Gasteiger partial charge on any atom is -0.201 e. The Hall–Kier alpha value is -1.63. The van der Waals surface area contributed by atoms with Gasteiger partial charge in [-0.3, -0.25) is 0 Å². The average molecular weight is 270 g/mol. The topological polar surface area (TPSA) is 3.88 Å². The van der Waals surface area contributed by atoms with Gasteiger partial charge in [0.15, 0.2) is 6.20 Å². The molecule has 0 unspecified atom stereocenters. The molecule has 0 N–H and O–H groups in total. The van der Waals surface area contributed by atoms with E-state index in [0.717, 1.165) is 16.8 Å². The zero-order valence-electron chi connectivity index (χ0n) is 15.4. The van der Waals surface area contributed by atoms with Crippen LogP contribution in [0.3, 0.4) is 0 Å². The van der Waals surface area contributed by atoms with Gasteiger partial charge >= 0.3 is 0 Å². The third kappa shape index (κ3) is 2.77. The van der Waals surface area contributed by atoms with Crippen LogP contribution in [-0.4, -0.2) is 0 Å². The molecule has 0 saturated carbocycles. The van der Waals surface area contributed by atoms with Crippen LogP contribution in [0.25, 0.3) is 11.3 Å². The fraction of sp³-hybridized carbons (Fsp3) is 0.421. The number of aryl methyl sites for hydroxylation is 3. The second-order valence-electron chi connectivity index (χ2n) is 6.41. The number of hydrogen-bond donors (Lipinski definition) is 0. The molecule has 0 aliphatic heterocycles. The first-order valence-corrected chi connectivity index (χ1v) is 7.12. The van der Waals surface area contributed by atoms with E-state index in [2.05, 4.69) is 45.9 Å². The molecule has 0 aliphatic carbocycles. The van der Waals surface area contributed by atoms with Gasteiger partial charge in [-0.1, -0.05) is 45.9 Å². The zero-order valence-corrected chi connectivity index (χ0v) is 13.4. The van der Waals surface area contributed by atoms with Crippen molar-refractivity contribution in [1.82, 2.24) is 0 Å². The Morgan fingerprint density at radius 3 is 2.40 bits per heavy atom. The summed E-state index contributed by atoms with van der Waals surface area (Å²) in [5.41, 5.74) is 5.26. The number of benzene rings is 1. The first kappa shape index (κ1) is 12.1. The maximum Gasteiger partial charge on any atom is 0.212 e. The quantitative estimate of drug-likeness (QED) is 0.714. The number of pyridine rings is 1. The summed E-state index contributed by atoms with van der Waals surface area (Å²) < 4.78 is 18.4. The van der Waals surface area contributed by atoms with Crippen LogP contribution in [0.2, 0.25) is 0 Å². The van der Waals surface area contributed by atoms with Crippen molar-refractivity contribution < 1.29 is 7.31 Å². The fourth-order valence-corrected chi connectivity index (χ4v) is 2.60. The third-order valence-corrected chi connectivity index (χ3v) is 3.77. The van der Waals surface area contributed by atoms with Crippen molar-refractivity contribution in [3.8, 4) is 11.3 Å². The van der Waals surface area contributed by atoms with E-state index in [1.54, 1.807) is 6.92 Å². The van der Waals surface area contributed by atoms with Gasteiger partial charge in [-0.2, -0.15) is 0 Å². The first-order chi connectivity index (χ1) is 10.0. The highest BCUT2D eigenvalue weighted by Gasteiger charge is 2.23. The van der Waals surface area contributed by atoms with Gasteiger partial charge in [0.05, 0.1) is 0 Å². The summed E-state index contributed by atoms with van der Waals surface area (Å²) in [6, 6.07) is 10.5. The van der Waals surface area contributed by atoms with E-state index in [1.165, 1.54) is 11.1 Å².